The molecule has 0 amide bonds. The van der Waals surface area contributed by atoms with Crippen molar-refractivity contribution < 1.29 is 9.53 Å². The van der Waals surface area contributed by atoms with Gasteiger partial charge in [0.05, 0.1) is 17.2 Å². The molecule has 1 fully saturated rings. The molecule has 4 heteroatoms. The van der Waals surface area contributed by atoms with E-state index in [0.29, 0.717) is 27.3 Å². The third-order valence-corrected chi connectivity index (χ3v) is 4.94. The number of benzene rings is 1. The Labute approximate surface area is 136 Å². The van der Waals surface area contributed by atoms with Crippen LogP contribution in [-0.4, -0.2) is 12.9 Å². The summed E-state index contributed by atoms with van der Waals surface area (Å²) in [6.07, 6.45) is 5.03. The zero-order valence-corrected chi connectivity index (χ0v) is 14.4. The molecular weight excluding hydrogens is 307 g/mol. The van der Waals surface area contributed by atoms with E-state index in [0.717, 1.165) is 32.1 Å². The molecule has 0 radical (unpaired) electrons. The summed E-state index contributed by atoms with van der Waals surface area (Å²) in [7, 11) is 1.54. The molecular formula is C17H22Cl2O2. The summed E-state index contributed by atoms with van der Waals surface area (Å²) < 4.78 is 5.15. The van der Waals surface area contributed by atoms with E-state index in [1.165, 1.54) is 7.11 Å². The van der Waals surface area contributed by atoms with Gasteiger partial charge in [0.25, 0.3) is 0 Å². The summed E-state index contributed by atoms with van der Waals surface area (Å²) in [6.45, 7) is 4.33. The number of ketones is 1. The molecule has 0 aliphatic heterocycles. The highest BCUT2D eigenvalue weighted by molar-refractivity contribution is 6.37. The summed E-state index contributed by atoms with van der Waals surface area (Å²) >= 11 is 12.5. The molecule has 2 rings (SSSR count). The molecule has 0 saturated heterocycles. The Bertz CT molecular complexity index is 532. The van der Waals surface area contributed by atoms with Crippen LogP contribution in [0.4, 0.5) is 0 Å². The molecule has 1 aliphatic carbocycles. The van der Waals surface area contributed by atoms with Gasteiger partial charge < -0.3 is 4.74 Å². The van der Waals surface area contributed by atoms with Gasteiger partial charge in [-0.1, -0.05) is 49.9 Å². The largest absolute Gasteiger partial charge is 0.495 e. The number of Topliss-reactive ketones (excluding diaryl/α,β-unsaturated/α-hetero) is 1. The second kappa shape index (κ2) is 6.58. The number of rotatable bonds is 5. The first kappa shape index (κ1) is 16.6. The lowest BCUT2D eigenvalue weighted by Gasteiger charge is -2.30. The van der Waals surface area contributed by atoms with Crippen LogP contribution < -0.4 is 4.74 Å². The van der Waals surface area contributed by atoms with E-state index < -0.39 is 0 Å². The molecule has 21 heavy (non-hydrogen) atoms. The van der Waals surface area contributed by atoms with Gasteiger partial charge in [-0.15, -0.1) is 0 Å². The summed E-state index contributed by atoms with van der Waals surface area (Å²) in [6, 6.07) is 3.29. The third-order valence-electron chi connectivity index (χ3n) is 4.33. The average Bonchev–Trinajstić information content (AvgIpc) is 2.89. The van der Waals surface area contributed by atoms with Crippen LogP contribution in [0.2, 0.25) is 10.0 Å². The number of methoxy groups -OCH3 is 1. The molecule has 116 valence electrons. The molecule has 1 aromatic carbocycles. The zero-order valence-electron chi connectivity index (χ0n) is 12.8. The number of carbonyl (C=O) groups is 1. The van der Waals surface area contributed by atoms with Crippen molar-refractivity contribution in [3.63, 3.8) is 0 Å². The smallest absolute Gasteiger partial charge is 0.170 e. The Morgan fingerprint density at radius 1 is 1.24 bits per heavy atom. The molecule has 0 heterocycles. The molecule has 1 saturated carbocycles. The predicted octanol–water partition coefficient (Wildman–Crippen LogP) is 5.79. The lowest BCUT2D eigenvalue weighted by atomic mass is 9.73. The molecule has 1 aliphatic rings. The standard InChI is InChI=1S/C17H22Cl2O2/c1-11(2)10-17(6-4-5-7-17)16(20)12-8-14(19)15(21-3)9-13(12)18/h8-9,11H,4-7,10H2,1-3H3. The lowest BCUT2D eigenvalue weighted by Crippen LogP contribution is -2.30. The van der Waals surface area contributed by atoms with Crippen LogP contribution in [0.15, 0.2) is 12.1 Å². The second-order valence-corrected chi connectivity index (χ2v) is 7.20. The molecule has 0 atom stereocenters. The maximum absolute atomic E-state index is 13.1. The van der Waals surface area contributed by atoms with Gasteiger partial charge in [0, 0.05) is 17.0 Å². The fourth-order valence-corrected chi connectivity index (χ4v) is 3.98. The van der Waals surface area contributed by atoms with Crippen LogP contribution in [0.1, 0.15) is 56.3 Å². The van der Waals surface area contributed by atoms with Gasteiger partial charge in [-0.25, -0.2) is 0 Å². The minimum absolute atomic E-state index is 0.142. The van der Waals surface area contributed by atoms with Crippen LogP contribution in [0.25, 0.3) is 0 Å². The molecule has 0 bridgehead atoms. The fraction of sp³-hybridized carbons (Fsp3) is 0.588. The van der Waals surface area contributed by atoms with E-state index in [2.05, 4.69) is 13.8 Å². The van der Waals surface area contributed by atoms with E-state index in [1.54, 1.807) is 12.1 Å². The number of hydrogen-bond donors (Lipinski definition) is 0. The highest BCUT2D eigenvalue weighted by Gasteiger charge is 2.42. The summed E-state index contributed by atoms with van der Waals surface area (Å²) in [5, 5.41) is 0.860. The van der Waals surface area contributed by atoms with Crippen LogP contribution >= 0.6 is 23.2 Å². The van der Waals surface area contributed by atoms with Crippen molar-refractivity contribution in [2.75, 3.05) is 7.11 Å². The Balaban J connectivity index is 2.40. The van der Waals surface area contributed by atoms with Crippen molar-refractivity contribution >= 4 is 29.0 Å². The van der Waals surface area contributed by atoms with E-state index in [4.69, 9.17) is 27.9 Å². The van der Waals surface area contributed by atoms with E-state index in [-0.39, 0.29) is 11.2 Å². The highest BCUT2D eigenvalue weighted by atomic mass is 35.5. The van der Waals surface area contributed by atoms with Crippen molar-refractivity contribution in [3.05, 3.63) is 27.7 Å². The lowest BCUT2D eigenvalue weighted by molar-refractivity contribution is 0.0760. The molecule has 0 spiro atoms. The first-order chi connectivity index (χ1) is 9.89. The van der Waals surface area contributed by atoms with Crippen LogP contribution in [0.3, 0.4) is 0 Å². The minimum atomic E-state index is -0.268. The van der Waals surface area contributed by atoms with E-state index in [9.17, 15) is 4.79 Å². The van der Waals surface area contributed by atoms with Crippen molar-refractivity contribution in [1.82, 2.24) is 0 Å². The molecule has 0 unspecified atom stereocenters. The fourth-order valence-electron chi connectivity index (χ4n) is 3.50. The van der Waals surface area contributed by atoms with Gasteiger partial charge in [0.1, 0.15) is 5.75 Å². The molecule has 2 nitrogen and oxygen atoms in total. The zero-order chi connectivity index (χ0) is 15.6. The number of halogens is 2. The average molecular weight is 329 g/mol. The quantitative estimate of drug-likeness (QED) is 0.639. The second-order valence-electron chi connectivity index (χ2n) is 6.38. The van der Waals surface area contributed by atoms with E-state index in [1.807, 2.05) is 0 Å². The SMILES string of the molecule is COc1cc(Cl)c(C(=O)C2(CC(C)C)CCCC2)cc1Cl. The number of ether oxygens (including phenoxy) is 1. The van der Waals surface area contributed by atoms with Gasteiger partial charge in [-0.3, -0.25) is 4.79 Å². The predicted molar refractivity (Wildman–Crippen MR) is 87.7 cm³/mol. The van der Waals surface area contributed by atoms with Crippen LogP contribution in [0.5, 0.6) is 5.75 Å². The Hall–Kier alpha value is -0.730. The van der Waals surface area contributed by atoms with Gasteiger partial charge in [0.2, 0.25) is 0 Å². The van der Waals surface area contributed by atoms with Gasteiger partial charge in [-0.05, 0) is 31.2 Å². The molecule has 0 N–H and O–H groups in total. The van der Waals surface area contributed by atoms with Gasteiger partial charge in [0.15, 0.2) is 5.78 Å². The molecule has 0 aromatic heterocycles. The van der Waals surface area contributed by atoms with Crippen molar-refractivity contribution in [1.29, 1.82) is 0 Å². The van der Waals surface area contributed by atoms with Gasteiger partial charge in [-0.2, -0.15) is 0 Å². The first-order valence-electron chi connectivity index (χ1n) is 7.47. The maximum atomic E-state index is 13.1. The summed E-state index contributed by atoms with van der Waals surface area (Å²) in [4.78, 5) is 13.1. The Morgan fingerprint density at radius 2 is 1.86 bits per heavy atom. The van der Waals surface area contributed by atoms with Gasteiger partial charge >= 0.3 is 0 Å². The normalized spacial score (nSPS) is 17.2. The third kappa shape index (κ3) is 3.37. The monoisotopic (exact) mass is 328 g/mol. The van der Waals surface area contributed by atoms with Crippen molar-refractivity contribution in [2.45, 2.75) is 46.0 Å². The Morgan fingerprint density at radius 3 is 2.38 bits per heavy atom. The van der Waals surface area contributed by atoms with Crippen LogP contribution in [0, 0.1) is 11.3 Å². The summed E-state index contributed by atoms with van der Waals surface area (Å²) in [5.74, 6) is 1.13. The minimum Gasteiger partial charge on any atom is -0.495 e. The topological polar surface area (TPSA) is 26.3 Å². The summed E-state index contributed by atoms with van der Waals surface area (Å²) in [5.41, 5.74) is 0.264. The molecule has 1 aromatic rings. The number of hydrogen-bond acceptors (Lipinski definition) is 2. The number of carbonyl (C=O) groups excluding carboxylic acids is 1. The highest BCUT2D eigenvalue weighted by Crippen LogP contribution is 2.47. The van der Waals surface area contributed by atoms with Crippen molar-refractivity contribution in [2.24, 2.45) is 11.3 Å². The maximum Gasteiger partial charge on any atom is 0.170 e. The Kier molecular flexibility index (Phi) is 5.21. The first-order valence-corrected chi connectivity index (χ1v) is 8.23. The van der Waals surface area contributed by atoms with Crippen LogP contribution in [-0.2, 0) is 0 Å². The van der Waals surface area contributed by atoms with Crippen molar-refractivity contribution in [3.8, 4) is 5.75 Å². The van der Waals surface area contributed by atoms with E-state index >= 15 is 0 Å².